The Bertz CT molecular complexity index is 1200. The fourth-order valence-corrected chi connectivity index (χ4v) is 3.08. The molecule has 0 unspecified atom stereocenters. The van der Waals surface area contributed by atoms with Crippen LogP contribution >= 0.6 is 0 Å². The molecule has 29 heavy (non-hydrogen) atoms. The lowest BCUT2D eigenvalue weighted by molar-refractivity contribution is 0.410. The standard InChI is InChI=1S/C21H22N6O2/c1-14-7-3-5-9-17(14)22-13-16-11-19(28)27-21(24-16)25-20(26-27)23-12-15-8-4-6-10-18(15)29-2/h3-11,22H,12-13H2,1-2H3,(H2,23,24,25,26). The molecule has 0 saturated carbocycles. The first-order chi connectivity index (χ1) is 14.1. The van der Waals surface area contributed by atoms with Gasteiger partial charge in [0.2, 0.25) is 5.95 Å². The lowest BCUT2D eigenvalue weighted by Crippen LogP contribution is -2.17. The number of aromatic amines is 1. The molecular weight excluding hydrogens is 368 g/mol. The van der Waals surface area contributed by atoms with Crippen LogP contribution in [0.4, 0.5) is 11.6 Å². The monoisotopic (exact) mass is 390 g/mol. The minimum absolute atomic E-state index is 0.213. The van der Waals surface area contributed by atoms with Crippen molar-refractivity contribution < 1.29 is 4.74 Å². The molecule has 0 spiro atoms. The van der Waals surface area contributed by atoms with Gasteiger partial charge in [-0.2, -0.15) is 9.50 Å². The van der Waals surface area contributed by atoms with Crippen LogP contribution < -0.4 is 20.9 Å². The Morgan fingerprint density at radius 2 is 1.83 bits per heavy atom. The fourth-order valence-electron chi connectivity index (χ4n) is 3.08. The molecule has 2 aromatic carbocycles. The number of aromatic nitrogens is 4. The third-order valence-corrected chi connectivity index (χ3v) is 4.63. The van der Waals surface area contributed by atoms with E-state index in [1.54, 1.807) is 7.11 Å². The van der Waals surface area contributed by atoms with Crippen molar-refractivity contribution in [1.82, 2.24) is 19.6 Å². The van der Waals surface area contributed by atoms with E-state index in [2.05, 4.69) is 25.7 Å². The molecule has 4 aromatic rings. The number of hydrogen-bond acceptors (Lipinski definition) is 6. The molecule has 0 aliphatic heterocycles. The molecule has 0 amide bonds. The number of nitrogens with zero attached hydrogens (tertiary/aromatic N) is 3. The summed E-state index contributed by atoms with van der Waals surface area (Å²) in [6.07, 6.45) is 0. The molecule has 2 aromatic heterocycles. The summed E-state index contributed by atoms with van der Waals surface area (Å²) in [5.41, 5.74) is 3.54. The third kappa shape index (κ3) is 4.06. The lowest BCUT2D eigenvalue weighted by Gasteiger charge is -2.08. The third-order valence-electron chi connectivity index (χ3n) is 4.63. The number of hydrogen-bond donors (Lipinski definition) is 3. The molecule has 2 heterocycles. The number of rotatable bonds is 7. The van der Waals surface area contributed by atoms with Crippen LogP contribution in [0.2, 0.25) is 0 Å². The molecule has 4 rings (SSSR count). The topological polar surface area (TPSA) is 96.3 Å². The minimum atomic E-state index is -0.213. The highest BCUT2D eigenvalue weighted by Gasteiger charge is 2.09. The number of aryl methyl sites for hydroxylation is 1. The summed E-state index contributed by atoms with van der Waals surface area (Å²) in [5.74, 6) is 1.57. The lowest BCUT2D eigenvalue weighted by atomic mass is 10.2. The average molecular weight is 390 g/mol. The van der Waals surface area contributed by atoms with Gasteiger partial charge < -0.3 is 15.4 Å². The number of nitrogens with one attached hydrogen (secondary N) is 3. The van der Waals surface area contributed by atoms with Crippen molar-refractivity contribution in [2.45, 2.75) is 20.0 Å². The second kappa shape index (κ2) is 8.05. The number of benzene rings is 2. The Balaban J connectivity index is 1.51. The Labute approximate surface area is 167 Å². The number of ether oxygens (including phenoxy) is 1. The van der Waals surface area contributed by atoms with Gasteiger partial charge in [0.1, 0.15) is 5.75 Å². The van der Waals surface area contributed by atoms with Crippen LogP contribution in [0.15, 0.2) is 59.4 Å². The summed E-state index contributed by atoms with van der Waals surface area (Å²) in [7, 11) is 1.63. The van der Waals surface area contributed by atoms with Crippen molar-refractivity contribution >= 4 is 17.4 Å². The zero-order chi connectivity index (χ0) is 20.2. The molecule has 3 N–H and O–H groups in total. The van der Waals surface area contributed by atoms with Crippen LogP contribution in [0.5, 0.6) is 5.75 Å². The number of para-hydroxylation sites is 2. The average Bonchev–Trinajstić information content (AvgIpc) is 3.15. The van der Waals surface area contributed by atoms with E-state index >= 15 is 0 Å². The predicted molar refractivity (Wildman–Crippen MR) is 112 cm³/mol. The van der Waals surface area contributed by atoms with Crippen molar-refractivity contribution in [2.75, 3.05) is 17.7 Å². The SMILES string of the molecule is COc1ccccc1CNc1nc2nc(CNc3ccccc3C)cc(=O)n2[nH]1. The first kappa shape index (κ1) is 18.5. The molecule has 0 saturated heterocycles. The van der Waals surface area contributed by atoms with Gasteiger partial charge in [-0.1, -0.05) is 36.4 Å². The largest absolute Gasteiger partial charge is 0.496 e. The van der Waals surface area contributed by atoms with Gasteiger partial charge in [-0.05, 0) is 24.6 Å². The van der Waals surface area contributed by atoms with Crippen molar-refractivity contribution in [1.29, 1.82) is 0 Å². The Morgan fingerprint density at radius 1 is 1.03 bits per heavy atom. The van der Waals surface area contributed by atoms with Gasteiger partial charge in [0.05, 0.1) is 19.3 Å². The molecule has 0 aliphatic rings. The fraction of sp³-hybridized carbons (Fsp3) is 0.190. The molecule has 0 atom stereocenters. The Morgan fingerprint density at radius 3 is 2.66 bits per heavy atom. The smallest absolute Gasteiger partial charge is 0.274 e. The van der Waals surface area contributed by atoms with Crippen LogP contribution in [0.1, 0.15) is 16.8 Å². The minimum Gasteiger partial charge on any atom is -0.496 e. The molecule has 0 fully saturated rings. The van der Waals surface area contributed by atoms with Gasteiger partial charge >= 0.3 is 0 Å². The van der Waals surface area contributed by atoms with Gasteiger partial charge in [-0.15, -0.1) is 0 Å². The number of fused-ring (bicyclic) bond motifs is 1. The van der Waals surface area contributed by atoms with E-state index in [4.69, 9.17) is 4.74 Å². The van der Waals surface area contributed by atoms with Crippen molar-refractivity contribution in [2.24, 2.45) is 0 Å². The van der Waals surface area contributed by atoms with E-state index in [1.165, 1.54) is 10.6 Å². The quantitative estimate of drug-likeness (QED) is 0.449. The summed E-state index contributed by atoms with van der Waals surface area (Å²) < 4.78 is 6.68. The maximum absolute atomic E-state index is 12.4. The number of H-pyrrole nitrogens is 1. The molecule has 8 heteroatoms. The van der Waals surface area contributed by atoms with Gasteiger partial charge in [0, 0.05) is 23.9 Å². The molecule has 148 valence electrons. The van der Waals surface area contributed by atoms with Crippen molar-refractivity contribution in [3.8, 4) is 5.75 Å². The first-order valence-corrected chi connectivity index (χ1v) is 9.28. The summed E-state index contributed by atoms with van der Waals surface area (Å²) >= 11 is 0. The van der Waals surface area contributed by atoms with Crippen molar-refractivity contribution in [3.05, 3.63) is 81.8 Å². The van der Waals surface area contributed by atoms with Crippen molar-refractivity contribution in [3.63, 3.8) is 0 Å². The van der Waals surface area contributed by atoms with Gasteiger partial charge in [0.15, 0.2) is 0 Å². The summed E-state index contributed by atoms with van der Waals surface area (Å²) in [6, 6.07) is 17.2. The van der Waals surface area contributed by atoms with E-state index in [9.17, 15) is 4.79 Å². The van der Waals surface area contributed by atoms with Crippen LogP contribution in [0.25, 0.3) is 5.78 Å². The zero-order valence-electron chi connectivity index (χ0n) is 16.3. The van der Waals surface area contributed by atoms with E-state index in [0.29, 0.717) is 30.5 Å². The maximum Gasteiger partial charge on any atom is 0.274 e. The van der Waals surface area contributed by atoms with Crippen LogP contribution in [-0.4, -0.2) is 26.7 Å². The number of methoxy groups -OCH3 is 1. The molecule has 0 aliphatic carbocycles. The van der Waals surface area contributed by atoms with Crippen LogP contribution in [0.3, 0.4) is 0 Å². The Hall–Kier alpha value is -3.81. The van der Waals surface area contributed by atoms with E-state index < -0.39 is 0 Å². The molecular formula is C21H22N6O2. The normalized spacial score (nSPS) is 10.8. The highest BCUT2D eigenvalue weighted by Crippen LogP contribution is 2.18. The highest BCUT2D eigenvalue weighted by atomic mass is 16.5. The van der Waals surface area contributed by atoms with E-state index in [0.717, 1.165) is 22.6 Å². The summed E-state index contributed by atoms with van der Waals surface area (Å²) in [5, 5.41) is 9.42. The second-order valence-corrected chi connectivity index (χ2v) is 6.63. The first-order valence-electron chi connectivity index (χ1n) is 9.28. The molecule has 8 nitrogen and oxygen atoms in total. The van der Waals surface area contributed by atoms with E-state index in [-0.39, 0.29) is 5.56 Å². The van der Waals surface area contributed by atoms with Gasteiger partial charge in [-0.3, -0.25) is 9.89 Å². The van der Waals surface area contributed by atoms with Crippen LogP contribution in [-0.2, 0) is 13.1 Å². The van der Waals surface area contributed by atoms with Gasteiger partial charge in [0.25, 0.3) is 11.3 Å². The Kier molecular flexibility index (Phi) is 5.15. The predicted octanol–water partition coefficient (Wildman–Crippen LogP) is 2.96. The van der Waals surface area contributed by atoms with E-state index in [1.807, 2.05) is 55.5 Å². The van der Waals surface area contributed by atoms with Crippen LogP contribution in [0, 0.1) is 6.92 Å². The molecule has 0 bridgehead atoms. The number of anilines is 2. The summed E-state index contributed by atoms with van der Waals surface area (Å²) in [4.78, 5) is 21.3. The molecule has 0 radical (unpaired) electrons. The second-order valence-electron chi connectivity index (χ2n) is 6.63. The maximum atomic E-state index is 12.4. The van der Waals surface area contributed by atoms with Gasteiger partial charge in [-0.25, -0.2) is 4.98 Å². The zero-order valence-corrected chi connectivity index (χ0v) is 16.3. The summed E-state index contributed by atoms with van der Waals surface area (Å²) in [6.45, 7) is 2.97. The highest BCUT2D eigenvalue weighted by molar-refractivity contribution is 5.50.